The number of nitrogens with zero attached hydrogens (tertiary/aromatic N) is 1. The predicted molar refractivity (Wildman–Crippen MR) is 100 cm³/mol. The minimum atomic E-state index is -0.924. The first-order valence-electron chi connectivity index (χ1n) is 8.43. The van der Waals surface area contributed by atoms with Gasteiger partial charge in [0.15, 0.2) is 0 Å². The van der Waals surface area contributed by atoms with Crippen LogP contribution in [-0.2, 0) is 19.2 Å². The van der Waals surface area contributed by atoms with Crippen molar-refractivity contribution in [1.82, 2.24) is 10.2 Å². The van der Waals surface area contributed by atoms with Crippen LogP contribution in [0.2, 0.25) is 0 Å². The minimum Gasteiger partial charge on any atom is -0.480 e. The van der Waals surface area contributed by atoms with Crippen LogP contribution in [-0.4, -0.2) is 63.4 Å². The van der Waals surface area contributed by atoms with E-state index in [1.54, 1.807) is 6.92 Å². The van der Waals surface area contributed by atoms with E-state index in [4.69, 9.17) is 28.4 Å². The van der Waals surface area contributed by atoms with Crippen LogP contribution < -0.4 is 5.32 Å². The Bertz CT molecular complexity index is 587. The Morgan fingerprint density at radius 1 is 1.11 bits per heavy atom. The number of carbonyl (C=O) groups excluding carboxylic acids is 2. The molecule has 150 valence electrons. The Kier molecular flexibility index (Phi) is 11.1. The van der Waals surface area contributed by atoms with Crippen molar-refractivity contribution >= 4 is 34.7 Å². The number of likely N-dealkylation sites (tertiary alicyclic amines) is 1. The van der Waals surface area contributed by atoms with Gasteiger partial charge in [-0.25, -0.2) is 4.79 Å². The molecular formula is C18H26ClN2O6+. The lowest BCUT2D eigenvalue weighted by Crippen LogP contribution is -2.40. The van der Waals surface area contributed by atoms with Gasteiger partial charge < -0.3 is 20.4 Å². The maximum absolute atomic E-state index is 11.4. The fraction of sp³-hybridized carbons (Fsp3) is 0.556. The number of carboxylic acid groups (broad SMARTS) is 2. The fourth-order valence-electron chi connectivity index (χ4n) is 2.41. The molecule has 2 rings (SSSR count). The highest BCUT2D eigenvalue weighted by Gasteiger charge is 2.33. The van der Waals surface area contributed by atoms with Crippen molar-refractivity contribution in [1.29, 1.82) is 0 Å². The summed E-state index contributed by atoms with van der Waals surface area (Å²) in [4.78, 5) is 43.4. The van der Waals surface area contributed by atoms with E-state index in [1.165, 1.54) is 11.8 Å². The summed E-state index contributed by atoms with van der Waals surface area (Å²) in [6.45, 7) is 12.8. The number of hydrogen-bond acceptors (Lipinski definition) is 5. The Hall–Kier alpha value is -2.28. The second kappa shape index (κ2) is 12.2. The van der Waals surface area contributed by atoms with Gasteiger partial charge in [-0.3, -0.25) is 9.59 Å². The highest BCUT2D eigenvalue weighted by Crippen LogP contribution is 2.19. The highest BCUT2D eigenvalue weighted by molar-refractivity contribution is 6.67. The van der Waals surface area contributed by atoms with Crippen molar-refractivity contribution in [2.45, 2.75) is 51.6 Å². The molecule has 0 aromatic carbocycles. The predicted octanol–water partition coefficient (Wildman–Crippen LogP) is 1.59. The standard InChI is InChI=1S/C9H13NO3.C5H9NO2.C4H4ClO/c1-6(2)8(11)10-5-3-4-7(10)9(12)13;7-5(8)4-2-1-3-6-4;1-3(2)4(5)6/h7H,1,3-5H2,2H3,(H,12,13);4,6H,1-3H2,(H,7,8);1H,2H3/q;;+1/t7-;4-;/m11./s1. The Morgan fingerprint density at radius 3 is 1.96 bits per heavy atom. The molecule has 9 heteroatoms. The van der Waals surface area contributed by atoms with Crippen molar-refractivity contribution in [2.24, 2.45) is 0 Å². The number of carbonyl (C=O) groups is 4. The number of allylic oxidation sites excluding steroid dienone is 1. The summed E-state index contributed by atoms with van der Waals surface area (Å²) in [6.07, 6.45) is 3.09. The molecule has 0 bridgehead atoms. The van der Waals surface area contributed by atoms with E-state index >= 15 is 0 Å². The third kappa shape index (κ3) is 9.28. The van der Waals surface area contributed by atoms with Crippen LogP contribution in [0.25, 0.3) is 0 Å². The molecule has 2 heterocycles. The zero-order valence-corrected chi connectivity index (χ0v) is 16.3. The quantitative estimate of drug-likeness (QED) is 0.371. The topological polar surface area (TPSA) is 124 Å². The maximum Gasteiger partial charge on any atom is 0.402 e. The number of nitrogens with one attached hydrogen (secondary N) is 1. The molecule has 0 aromatic rings. The largest absolute Gasteiger partial charge is 0.480 e. The van der Waals surface area contributed by atoms with Crippen LogP contribution in [0, 0.1) is 6.58 Å². The van der Waals surface area contributed by atoms with Crippen molar-refractivity contribution in [3.63, 3.8) is 0 Å². The lowest BCUT2D eigenvalue weighted by molar-refractivity contribution is -0.146. The Balaban J connectivity index is 0.000000413. The number of amides is 1. The summed E-state index contributed by atoms with van der Waals surface area (Å²) in [5, 5.41) is 19.4. The molecule has 2 atom stereocenters. The number of halogens is 1. The van der Waals surface area contributed by atoms with E-state index in [2.05, 4.69) is 11.9 Å². The molecule has 0 spiro atoms. The Labute approximate surface area is 163 Å². The van der Waals surface area contributed by atoms with Gasteiger partial charge in [-0.1, -0.05) is 6.58 Å². The lowest BCUT2D eigenvalue weighted by Gasteiger charge is -2.21. The highest BCUT2D eigenvalue weighted by atomic mass is 35.5. The van der Waals surface area contributed by atoms with Crippen molar-refractivity contribution in [3.05, 3.63) is 24.3 Å². The molecule has 0 aromatic heterocycles. The molecule has 27 heavy (non-hydrogen) atoms. The van der Waals surface area contributed by atoms with E-state index in [9.17, 15) is 19.2 Å². The van der Waals surface area contributed by atoms with Crippen molar-refractivity contribution in [2.75, 3.05) is 13.1 Å². The van der Waals surface area contributed by atoms with Gasteiger partial charge in [0.1, 0.15) is 12.1 Å². The zero-order chi connectivity index (χ0) is 21.1. The number of aliphatic carboxylic acids is 2. The second-order valence-corrected chi connectivity index (χ2v) is 6.56. The van der Waals surface area contributed by atoms with Gasteiger partial charge in [-0.05, 0) is 39.2 Å². The molecule has 2 aliphatic rings. The summed E-state index contributed by atoms with van der Waals surface area (Å²) < 4.78 is 0. The normalized spacial score (nSPS) is 20.4. The third-order valence-electron chi connectivity index (χ3n) is 3.83. The van der Waals surface area contributed by atoms with E-state index in [0.29, 0.717) is 18.5 Å². The average molecular weight is 402 g/mol. The first kappa shape index (κ1) is 24.7. The van der Waals surface area contributed by atoms with E-state index < -0.39 is 23.2 Å². The molecule has 8 nitrogen and oxygen atoms in total. The van der Waals surface area contributed by atoms with Gasteiger partial charge in [-0.2, -0.15) is 4.79 Å². The zero-order valence-electron chi connectivity index (χ0n) is 15.5. The second-order valence-electron chi connectivity index (χ2n) is 6.22. The molecule has 2 aliphatic heterocycles. The van der Waals surface area contributed by atoms with Gasteiger partial charge in [0.25, 0.3) is 0 Å². The monoisotopic (exact) mass is 401 g/mol. The van der Waals surface area contributed by atoms with Crippen LogP contribution in [0.1, 0.15) is 39.5 Å². The van der Waals surface area contributed by atoms with Gasteiger partial charge in [-0.15, -0.1) is 0 Å². The number of carboxylic acids is 2. The summed E-state index contributed by atoms with van der Waals surface area (Å²) >= 11 is 4.81. The molecule has 2 fully saturated rings. The van der Waals surface area contributed by atoms with Crippen LogP contribution in [0.15, 0.2) is 17.7 Å². The van der Waals surface area contributed by atoms with Gasteiger partial charge in [0.2, 0.25) is 11.5 Å². The molecule has 0 saturated carbocycles. The van der Waals surface area contributed by atoms with Crippen LogP contribution >= 0.6 is 11.6 Å². The molecule has 0 radical (unpaired) electrons. The van der Waals surface area contributed by atoms with Crippen LogP contribution in [0.3, 0.4) is 0 Å². The average Bonchev–Trinajstić information content (AvgIpc) is 3.26. The maximum atomic E-state index is 11.4. The fourth-order valence-corrected chi connectivity index (χ4v) is 2.41. The van der Waals surface area contributed by atoms with Crippen LogP contribution in [0.4, 0.5) is 0 Å². The molecule has 1 amide bonds. The van der Waals surface area contributed by atoms with E-state index in [0.717, 1.165) is 25.8 Å². The van der Waals surface area contributed by atoms with Crippen LogP contribution in [0.5, 0.6) is 0 Å². The molecule has 2 saturated heterocycles. The first-order chi connectivity index (χ1) is 12.5. The minimum absolute atomic E-state index is 0.136. The molecular weight excluding hydrogens is 376 g/mol. The first-order valence-corrected chi connectivity index (χ1v) is 8.81. The lowest BCUT2D eigenvalue weighted by atomic mass is 10.2. The summed E-state index contributed by atoms with van der Waals surface area (Å²) in [7, 11) is 0. The molecule has 0 aliphatic carbocycles. The van der Waals surface area contributed by atoms with E-state index in [-0.39, 0.29) is 17.5 Å². The van der Waals surface area contributed by atoms with Crippen molar-refractivity contribution in [3.8, 4) is 0 Å². The number of rotatable bonds is 4. The summed E-state index contributed by atoms with van der Waals surface area (Å²) in [6, 6.07) is -0.917. The van der Waals surface area contributed by atoms with E-state index in [1.807, 2.05) is 0 Å². The Morgan fingerprint density at radius 2 is 1.67 bits per heavy atom. The summed E-state index contributed by atoms with van der Waals surface area (Å²) in [5.74, 6) is -1.89. The number of hydrogen-bond donors (Lipinski definition) is 3. The van der Waals surface area contributed by atoms with Gasteiger partial charge in [0.05, 0.1) is 18.2 Å². The molecule has 0 unspecified atom stereocenters. The summed E-state index contributed by atoms with van der Waals surface area (Å²) in [5.41, 5.74) is 0.532. The smallest absolute Gasteiger partial charge is 0.402 e. The third-order valence-corrected chi connectivity index (χ3v) is 4.13. The van der Waals surface area contributed by atoms with Crippen molar-refractivity contribution < 1.29 is 29.4 Å². The molecule has 3 N–H and O–H groups in total. The SMILES string of the molecule is C=C(C)C(=O)N1CCC[C@@H]1C(=O)O.O=C(O)[C@H]1CCCN1.[CH+]=C(C)C(=O)Cl. The van der Waals surface area contributed by atoms with Gasteiger partial charge >= 0.3 is 17.2 Å². The van der Waals surface area contributed by atoms with Gasteiger partial charge in [0, 0.05) is 19.0 Å².